The molecule has 1 aromatic heterocycles. The molecule has 6 nitrogen and oxygen atoms in total. The quantitative estimate of drug-likeness (QED) is 0.900. The second kappa shape index (κ2) is 7.80. The molecule has 0 radical (unpaired) electrons. The lowest BCUT2D eigenvalue weighted by Crippen LogP contribution is -2.43. The highest BCUT2D eigenvalue weighted by atomic mass is 16.1. The minimum Gasteiger partial charge on any atom is -0.349 e. The maximum absolute atomic E-state index is 12.8. The van der Waals surface area contributed by atoms with Crippen molar-refractivity contribution >= 4 is 5.91 Å². The van der Waals surface area contributed by atoms with Gasteiger partial charge in [-0.25, -0.2) is 4.68 Å². The van der Waals surface area contributed by atoms with Gasteiger partial charge in [0.2, 0.25) is 0 Å². The van der Waals surface area contributed by atoms with Crippen LogP contribution in [0.25, 0.3) is 5.69 Å². The van der Waals surface area contributed by atoms with E-state index in [9.17, 15) is 4.79 Å². The van der Waals surface area contributed by atoms with Gasteiger partial charge in [0.1, 0.15) is 0 Å². The summed E-state index contributed by atoms with van der Waals surface area (Å²) < 4.78 is 1.79. The first-order valence-electron chi connectivity index (χ1n) is 8.80. The van der Waals surface area contributed by atoms with Crippen LogP contribution in [0, 0.1) is 0 Å². The van der Waals surface area contributed by atoms with E-state index >= 15 is 0 Å². The number of aromatic nitrogens is 2. The van der Waals surface area contributed by atoms with Crippen molar-refractivity contribution in [3.05, 3.63) is 47.8 Å². The molecule has 1 fully saturated rings. The summed E-state index contributed by atoms with van der Waals surface area (Å²) in [4.78, 5) is 17.2. The number of para-hydroxylation sites is 1. The predicted molar refractivity (Wildman–Crippen MR) is 98.9 cm³/mol. The molecule has 2 aromatic rings. The Hall–Kier alpha value is -2.18. The third kappa shape index (κ3) is 4.46. The Labute approximate surface area is 149 Å². The van der Waals surface area contributed by atoms with Crippen molar-refractivity contribution in [2.45, 2.75) is 25.4 Å². The summed E-state index contributed by atoms with van der Waals surface area (Å²) >= 11 is 0. The first-order chi connectivity index (χ1) is 12.0. The molecule has 3 rings (SSSR count). The maximum Gasteiger partial charge on any atom is 0.253 e. The number of benzene rings is 1. The number of likely N-dealkylation sites (tertiary alicyclic amines) is 1. The fourth-order valence-corrected chi connectivity index (χ4v) is 3.22. The molecule has 1 N–H and O–H groups in total. The summed E-state index contributed by atoms with van der Waals surface area (Å²) in [6, 6.07) is 7.90. The van der Waals surface area contributed by atoms with Crippen LogP contribution < -0.4 is 5.32 Å². The summed E-state index contributed by atoms with van der Waals surface area (Å²) in [5.41, 5.74) is 2.61. The molecule has 0 bridgehead atoms. The van der Waals surface area contributed by atoms with E-state index in [4.69, 9.17) is 0 Å². The van der Waals surface area contributed by atoms with Crippen molar-refractivity contribution in [3.63, 3.8) is 0 Å². The van der Waals surface area contributed by atoms with Gasteiger partial charge in [-0.2, -0.15) is 5.10 Å². The number of carbonyl (C=O) groups excluding carboxylic acids is 1. The summed E-state index contributed by atoms with van der Waals surface area (Å²) in [5.74, 6) is -0.0187. The standard InChI is InChI=1S/C19H27N5O/c1-22(2)13-15-12-20-24(14-15)18-7-5-4-6-17(18)19(25)21-16-8-10-23(3)11-9-16/h4-7,12,14,16H,8-11,13H2,1-3H3,(H,21,25). The van der Waals surface area contributed by atoms with Crippen molar-refractivity contribution in [1.82, 2.24) is 24.9 Å². The SMILES string of the molecule is CN(C)Cc1cnn(-c2ccccc2C(=O)NC2CCN(C)CC2)c1. The zero-order chi connectivity index (χ0) is 17.8. The highest BCUT2D eigenvalue weighted by Crippen LogP contribution is 2.16. The lowest BCUT2D eigenvalue weighted by atomic mass is 10.0. The van der Waals surface area contributed by atoms with Crippen LogP contribution in [0.1, 0.15) is 28.8 Å². The zero-order valence-electron chi connectivity index (χ0n) is 15.3. The minimum absolute atomic E-state index is 0.0187. The van der Waals surface area contributed by atoms with E-state index in [1.54, 1.807) is 4.68 Å². The van der Waals surface area contributed by atoms with Crippen LogP contribution in [-0.2, 0) is 6.54 Å². The summed E-state index contributed by atoms with van der Waals surface area (Å²) in [6.45, 7) is 2.88. The number of nitrogens with one attached hydrogen (secondary N) is 1. The molecule has 134 valence electrons. The Bertz CT molecular complexity index is 716. The van der Waals surface area contributed by atoms with Gasteiger partial charge in [-0.05, 0) is 59.2 Å². The van der Waals surface area contributed by atoms with Gasteiger partial charge in [0.05, 0.1) is 17.4 Å². The minimum atomic E-state index is -0.0187. The zero-order valence-corrected chi connectivity index (χ0v) is 15.3. The van der Waals surface area contributed by atoms with Gasteiger partial charge in [-0.15, -0.1) is 0 Å². The van der Waals surface area contributed by atoms with Crippen LogP contribution in [-0.4, -0.2) is 65.8 Å². The van der Waals surface area contributed by atoms with Crippen LogP contribution >= 0.6 is 0 Å². The smallest absolute Gasteiger partial charge is 0.253 e. The number of hydrogen-bond donors (Lipinski definition) is 1. The molecule has 1 aliphatic heterocycles. The lowest BCUT2D eigenvalue weighted by molar-refractivity contribution is 0.0916. The third-order valence-electron chi connectivity index (χ3n) is 4.58. The molecule has 25 heavy (non-hydrogen) atoms. The molecule has 0 unspecified atom stereocenters. The van der Waals surface area contributed by atoms with Crippen molar-refractivity contribution in [2.75, 3.05) is 34.2 Å². The first kappa shape index (κ1) is 17.6. The van der Waals surface area contributed by atoms with Crippen LogP contribution in [0.4, 0.5) is 0 Å². The number of rotatable bonds is 5. The van der Waals surface area contributed by atoms with Gasteiger partial charge in [0.25, 0.3) is 5.91 Å². The van der Waals surface area contributed by atoms with E-state index in [1.807, 2.05) is 50.8 Å². The second-order valence-electron chi connectivity index (χ2n) is 7.10. The maximum atomic E-state index is 12.8. The van der Waals surface area contributed by atoms with Gasteiger partial charge in [-0.3, -0.25) is 4.79 Å². The van der Waals surface area contributed by atoms with Crippen LogP contribution in [0.15, 0.2) is 36.7 Å². The normalized spacial score (nSPS) is 16.3. The number of hydrogen-bond acceptors (Lipinski definition) is 4. The van der Waals surface area contributed by atoms with E-state index in [2.05, 4.69) is 27.3 Å². The van der Waals surface area contributed by atoms with E-state index in [0.29, 0.717) is 5.56 Å². The molecule has 0 aliphatic carbocycles. The van der Waals surface area contributed by atoms with E-state index in [1.165, 1.54) is 0 Å². The monoisotopic (exact) mass is 341 g/mol. The summed E-state index contributed by atoms with van der Waals surface area (Å²) in [6.07, 6.45) is 5.84. The Balaban J connectivity index is 1.76. The van der Waals surface area contributed by atoms with Crippen molar-refractivity contribution < 1.29 is 4.79 Å². The predicted octanol–water partition coefficient (Wildman–Crippen LogP) is 1.76. The molecule has 0 spiro atoms. The van der Waals surface area contributed by atoms with Gasteiger partial charge in [0, 0.05) is 24.3 Å². The Morgan fingerprint density at radius 2 is 2.00 bits per heavy atom. The van der Waals surface area contributed by atoms with Crippen molar-refractivity contribution in [3.8, 4) is 5.69 Å². The molecule has 1 saturated heterocycles. The van der Waals surface area contributed by atoms with Crippen LogP contribution in [0.2, 0.25) is 0 Å². The molecule has 0 saturated carbocycles. The highest BCUT2D eigenvalue weighted by Gasteiger charge is 2.21. The molecular weight excluding hydrogens is 314 g/mol. The topological polar surface area (TPSA) is 53.4 Å². The molecular formula is C19H27N5O. The molecule has 2 heterocycles. The van der Waals surface area contributed by atoms with Gasteiger partial charge >= 0.3 is 0 Å². The summed E-state index contributed by atoms with van der Waals surface area (Å²) in [7, 11) is 6.18. The first-order valence-corrected chi connectivity index (χ1v) is 8.80. The van der Waals surface area contributed by atoms with E-state index in [-0.39, 0.29) is 11.9 Å². The fourth-order valence-electron chi connectivity index (χ4n) is 3.22. The van der Waals surface area contributed by atoms with Crippen LogP contribution in [0.5, 0.6) is 0 Å². The summed E-state index contributed by atoms with van der Waals surface area (Å²) in [5, 5.41) is 7.63. The molecule has 1 aliphatic rings. The average molecular weight is 341 g/mol. The Kier molecular flexibility index (Phi) is 5.50. The number of piperidine rings is 1. The Morgan fingerprint density at radius 1 is 1.28 bits per heavy atom. The number of amides is 1. The largest absolute Gasteiger partial charge is 0.349 e. The lowest BCUT2D eigenvalue weighted by Gasteiger charge is -2.29. The van der Waals surface area contributed by atoms with Crippen LogP contribution in [0.3, 0.4) is 0 Å². The number of nitrogens with zero attached hydrogens (tertiary/aromatic N) is 4. The van der Waals surface area contributed by atoms with Gasteiger partial charge < -0.3 is 15.1 Å². The van der Waals surface area contributed by atoms with E-state index in [0.717, 1.165) is 43.7 Å². The molecule has 0 atom stereocenters. The van der Waals surface area contributed by atoms with Crippen molar-refractivity contribution in [1.29, 1.82) is 0 Å². The third-order valence-corrected chi connectivity index (χ3v) is 4.58. The second-order valence-corrected chi connectivity index (χ2v) is 7.10. The molecule has 1 amide bonds. The average Bonchev–Trinajstić information content (AvgIpc) is 3.04. The highest BCUT2D eigenvalue weighted by molar-refractivity contribution is 5.97. The molecule has 6 heteroatoms. The van der Waals surface area contributed by atoms with Gasteiger partial charge in [-0.1, -0.05) is 12.1 Å². The van der Waals surface area contributed by atoms with Crippen molar-refractivity contribution in [2.24, 2.45) is 0 Å². The fraction of sp³-hybridized carbons (Fsp3) is 0.474. The number of carbonyl (C=O) groups is 1. The Morgan fingerprint density at radius 3 is 2.72 bits per heavy atom. The van der Waals surface area contributed by atoms with E-state index < -0.39 is 0 Å². The van der Waals surface area contributed by atoms with Gasteiger partial charge in [0.15, 0.2) is 0 Å². The molecule has 1 aromatic carbocycles.